The number of carbonyl (C=O) groups is 2. The first-order chi connectivity index (χ1) is 14.0. The average molecular weight is 452 g/mol. The van der Waals surface area contributed by atoms with Crippen LogP contribution in [-0.4, -0.2) is 38.6 Å². The first-order valence-electron chi connectivity index (χ1n) is 9.39. The normalized spacial score (nSPS) is 11.6. The Morgan fingerprint density at radius 3 is 2.43 bits per heavy atom. The molecule has 0 aliphatic heterocycles. The predicted molar refractivity (Wildman–Crippen MR) is 118 cm³/mol. The van der Waals surface area contributed by atoms with Crippen LogP contribution in [0.5, 0.6) is 0 Å². The molecule has 2 aromatic carbocycles. The molecule has 0 saturated carbocycles. The standard InChI is InChI=1S/C21H26ClN3O4S/c1-14(2)10-20(26)24-16-7-5-6-15(11-16)13-23-21(27)18-12-17(8-9-19(18)22)30(28,29)25(3)4/h5-9,11-12,14H,10,13H2,1-4H3,(H,23,27)(H,24,26). The van der Waals surface area contributed by atoms with Crippen molar-refractivity contribution in [2.24, 2.45) is 5.92 Å². The number of hydrogen-bond acceptors (Lipinski definition) is 4. The van der Waals surface area contributed by atoms with E-state index >= 15 is 0 Å². The number of sulfonamides is 1. The maximum absolute atomic E-state index is 12.6. The fraction of sp³-hybridized carbons (Fsp3) is 0.333. The van der Waals surface area contributed by atoms with Gasteiger partial charge in [0.2, 0.25) is 15.9 Å². The lowest BCUT2D eigenvalue weighted by molar-refractivity contribution is -0.116. The predicted octanol–water partition coefficient (Wildman–Crippen LogP) is 3.50. The van der Waals surface area contributed by atoms with Gasteiger partial charge >= 0.3 is 0 Å². The van der Waals surface area contributed by atoms with Crippen molar-refractivity contribution < 1.29 is 18.0 Å². The summed E-state index contributed by atoms with van der Waals surface area (Å²) in [5.74, 6) is -0.314. The summed E-state index contributed by atoms with van der Waals surface area (Å²) in [4.78, 5) is 24.5. The number of halogens is 1. The molecule has 0 aliphatic carbocycles. The second-order valence-electron chi connectivity index (χ2n) is 7.46. The van der Waals surface area contributed by atoms with Crippen molar-refractivity contribution in [1.82, 2.24) is 9.62 Å². The highest BCUT2D eigenvalue weighted by molar-refractivity contribution is 7.89. The van der Waals surface area contributed by atoms with Gasteiger partial charge in [0, 0.05) is 32.7 Å². The Balaban J connectivity index is 2.11. The van der Waals surface area contributed by atoms with E-state index < -0.39 is 15.9 Å². The van der Waals surface area contributed by atoms with E-state index in [1.807, 2.05) is 19.9 Å². The van der Waals surface area contributed by atoms with Crippen LogP contribution in [-0.2, 0) is 21.4 Å². The molecule has 0 unspecified atom stereocenters. The molecule has 0 saturated heterocycles. The van der Waals surface area contributed by atoms with Gasteiger partial charge in [0.05, 0.1) is 15.5 Å². The van der Waals surface area contributed by atoms with Crippen LogP contribution in [0.3, 0.4) is 0 Å². The van der Waals surface area contributed by atoms with Crippen molar-refractivity contribution in [1.29, 1.82) is 0 Å². The summed E-state index contributed by atoms with van der Waals surface area (Å²) in [7, 11) is -0.862. The van der Waals surface area contributed by atoms with Crippen LogP contribution < -0.4 is 10.6 Å². The maximum atomic E-state index is 12.6. The number of hydrogen-bond donors (Lipinski definition) is 2. The van der Waals surface area contributed by atoms with E-state index in [0.717, 1.165) is 9.87 Å². The fourth-order valence-corrected chi connectivity index (χ4v) is 3.80. The zero-order chi connectivity index (χ0) is 22.5. The lowest BCUT2D eigenvalue weighted by atomic mass is 10.1. The summed E-state index contributed by atoms with van der Waals surface area (Å²) in [5.41, 5.74) is 1.49. The Hall–Kier alpha value is -2.42. The van der Waals surface area contributed by atoms with Gasteiger partial charge in [-0.05, 0) is 41.8 Å². The van der Waals surface area contributed by atoms with Crippen molar-refractivity contribution in [2.45, 2.75) is 31.7 Å². The van der Waals surface area contributed by atoms with Crippen molar-refractivity contribution in [3.8, 4) is 0 Å². The molecule has 0 atom stereocenters. The van der Waals surface area contributed by atoms with Gasteiger partial charge in [0.25, 0.3) is 5.91 Å². The minimum Gasteiger partial charge on any atom is -0.348 e. The molecule has 9 heteroatoms. The van der Waals surface area contributed by atoms with Gasteiger partial charge in [-0.2, -0.15) is 0 Å². The molecule has 7 nitrogen and oxygen atoms in total. The molecule has 162 valence electrons. The summed E-state index contributed by atoms with van der Waals surface area (Å²) in [5, 5.41) is 5.72. The number of nitrogens with zero attached hydrogens (tertiary/aromatic N) is 1. The third-order valence-electron chi connectivity index (χ3n) is 4.22. The van der Waals surface area contributed by atoms with Crippen molar-refractivity contribution >= 4 is 39.1 Å². The van der Waals surface area contributed by atoms with Gasteiger partial charge in [-0.25, -0.2) is 12.7 Å². The fourth-order valence-electron chi connectivity index (χ4n) is 2.67. The molecule has 0 aliphatic rings. The molecule has 0 aromatic heterocycles. The highest BCUT2D eigenvalue weighted by Crippen LogP contribution is 2.22. The van der Waals surface area contributed by atoms with Crippen LogP contribution in [0.4, 0.5) is 5.69 Å². The van der Waals surface area contributed by atoms with Crippen molar-refractivity contribution in [2.75, 3.05) is 19.4 Å². The molecular weight excluding hydrogens is 426 g/mol. The van der Waals surface area contributed by atoms with Crippen LogP contribution in [0.25, 0.3) is 0 Å². The first kappa shape index (κ1) is 23.9. The summed E-state index contributed by atoms with van der Waals surface area (Å²) < 4.78 is 25.7. The topological polar surface area (TPSA) is 95.6 Å². The lowest BCUT2D eigenvalue weighted by Gasteiger charge is -2.13. The average Bonchev–Trinajstić information content (AvgIpc) is 2.65. The smallest absolute Gasteiger partial charge is 0.253 e. The number of carbonyl (C=O) groups excluding carboxylic acids is 2. The molecule has 0 fully saturated rings. The lowest BCUT2D eigenvalue weighted by Crippen LogP contribution is -2.25. The summed E-state index contributed by atoms with van der Waals surface area (Å²) in [6.45, 7) is 4.12. The summed E-state index contributed by atoms with van der Waals surface area (Å²) in [6.07, 6.45) is 0.422. The van der Waals surface area contributed by atoms with Gasteiger partial charge in [0.1, 0.15) is 0 Å². The van der Waals surface area contributed by atoms with E-state index in [9.17, 15) is 18.0 Å². The van der Waals surface area contributed by atoms with E-state index in [0.29, 0.717) is 12.1 Å². The first-order valence-corrected chi connectivity index (χ1v) is 11.2. The molecule has 2 aromatic rings. The number of nitrogens with one attached hydrogen (secondary N) is 2. The van der Waals surface area contributed by atoms with Gasteiger partial charge in [-0.15, -0.1) is 0 Å². The third kappa shape index (κ3) is 6.29. The Labute approximate surface area is 182 Å². The van der Waals surface area contributed by atoms with Gasteiger partial charge in [0.15, 0.2) is 0 Å². The number of amides is 2. The molecule has 0 heterocycles. The molecule has 0 radical (unpaired) electrons. The second-order valence-corrected chi connectivity index (χ2v) is 10.0. The van der Waals surface area contributed by atoms with Crippen LogP contribution in [0.1, 0.15) is 36.2 Å². The van der Waals surface area contributed by atoms with E-state index in [4.69, 9.17) is 11.6 Å². The van der Waals surface area contributed by atoms with E-state index in [1.165, 1.54) is 32.3 Å². The molecule has 0 spiro atoms. The minimum absolute atomic E-state index is 0.0167. The van der Waals surface area contributed by atoms with Crippen LogP contribution in [0, 0.1) is 5.92 Å². The quantitative estimate of drug-likeness (QED) is 0.642. The monoisotopic (exact) mass is 451 g/mol. The number of anilines is 1. The Morgan fingerprint density at radius 1 is 1.10 bits per heavy atom. The molecule has 2 N–H and O–H groups in total. The Morgan fingerprint density at radius 2 is 1.80 bits per heavy atom. The van der Waals surface area contributed by atoms with E-state index in [-0.39, 0.29) is 33.9 Å². The van der Waals surface area contributed by atoms with Gasteiger partial charge < -0.3 is 10.6 Å². The zero-order valence-corrected chi connectivity index (χ0v) is 19.0. The maximum Gasteiger partial charge on any atom is 0.253 e. The van der Waals surface area contributed by atoms with Gasteiger partial charge in [-0.1, -0.05) is 37.6 Å². The number of rotatable bonds is 8. The molecular formula is C21H26ClN3O4S. The van der Waals surface area contributed by atoms with E-state index in [2.05, 4.69) is 10.6 Å². The summed E-state index contributed by atoms with van der Waals surface area (Å²) in [6, 6.07) is 11.1. The second kappa shape index (κ2) is 10.1. The Bertz CT molecular complexity index is 1040. The van der Waals surface area contributed by atoms with Gasteiger partial charge in [-0.3, -0.25) is 9.59 Å². The molecule has 0 bridgehead atoms. The SMILES string of the molecule is CC(C)CC(=O)Nc1cccc(CNC(=O)c2cc(S(=O)(=O)N(C)C)ccc2Cl)c1. The Kier molecular flexibility index (Phi) is 8.00. The summed E-state index contributed by atoms with van der Waals surface area (Å²) >= 11 is 6.11. The largest absolute Gasteiger partial charge is 0.348 e. The zero-order valence-electron chi connectivity index (χ0n) is 17.4. The molecule has 2 amide bonds. The van der Waals surface area contributed by atoms with Crippen molar-refractivity contribution in [3.05, 3.63) is 58.6 Å². The van der Waals surface area contributed by atoms with Crippen LogP contribution >= 0.6 is 11.6 Å². The third-order valence-corrected chi connectivity index (χ3v) is 6.36. The highest BCUT2D eigenvalue weighted by atomic mass is 35.5. The van der Waals surface area contributed by atoms with Crippen LogP contribution in [0.15, 0.2) is 47.4 Å². The van der Waals surface area contributed by atoms with E-state index in [1.54, 1.807) is 18.2 Å². The molecule has 30 heavy (non-hydrogen) atoms. The van der Waals surface area contributed by atoms with Crippen molar-refractivity contribution in [3.63, 3.8) is 0 Å². The minimum atomic E-state index is -3.69. The highest BCUT2D eigenvalue weighted by Gasteiger charge is 2.20. The van der Waals surface area contributed by atoms with Crippen LogP contribution in [0.2, 0.25) is 5.02 Å². The number of benzene rings is 2. The molecule has 2 rings (SSSR count).